The Balaban J connectivity index is 1.51. The summed E-state index contributed by atoms with van der Waals surface area (Å²) in [4.78, 5) is 33.3. The predicted octanol–water partition coefficient (Wildman–Crippen LogP) is 6.22. The summed E-state index contributed by atoms with van der Waals surface area (Å²) >= 11 is 1.30. The van der Waals surface area contributed by atoms with Crippen molar-refractivity contribution in [2.45, 2.75) is 32.7 Å². The first-order valence-corrected chi connectivity index (χ1v) is 14.0. The molecule has 1 fully saturated rings. The van der Waals surface area contributed by atoms with Crippen LogP contribution in [0.3, 0.4) is 0 Å². The van der Waals surface area contributed by atoms with E-state index in [0.717, 1.165) is 10.3 Å². The number of aromatic nitrogens is 1. The quantitative estimate of drug-likeness (QED) is 0.171. The zero-order valence-electron chi connectivity index (χ0n) is 22.3. The molecule has 1 N–H and O–H groups in total. The Hall–Kier alpha value is -4.37. The number of aliphatic hydroxyl groups is 1. The number of aliphatic hydroxyl groups excluding tert-OH is 1. The van der Waals surface area contributed by atoms with Gasteiger partial charge in [-0.15, -0.1) is 0 Å². The van der Waals surface area contributed by atoms with Crippen LogP contribution in [0.4, 0.5) is 5.13 Å². The predicted molar refractivity (Wildman–Crippen MR) is 154 cm³/mol. The molecule has 0 spiro atoms. The lowest BCUT2D eigenvalue weighted by Gasteiger charge is -2.23. The second-order valence-corrected chi connectivity index (χ2v) is 10.9. The number of carbonyl (C=O) groups excluding carboxylic acids is 2. The SMILES string of the molecule is CCOc1ccc2nc(N3C(=O)C(=O)C(=C(O)c4ccc5c(c4)OCCO5)[C@H]3c3ccc(C(C)C)cc3)sc2c1. The molecule has 0 aliphatic carbocycles. The number of amides is 1. The molecular formula is C31H28N2O6S. The normalized spacial score (nSPS) is 18.1. The summed E-state index contributed by atoms with van der Waals surface area (Å²) in [6, 6.07) is 17.4. The van der Waals surface area contributed by atoms with Crippen LogP contribution in [0.1, 0.15) is 49.4 Å². The highest BCUT2D eigenvalue weighted by atomic mass is 32.1. The topological polar surface area (TPSA) is 98.2 Å². The number of anilines is 1. The van der Waals surface area contributed by atoms with Crippen LogP contribution in [0.5, 0.6) is 17.2 Å². The Morgan fingerprint density at radius 3 is 2.52 bits per heavy atom. The van der Waals surface area contributed by atoms with Crippen molar-refractivity contribution in [3.05, 3.63) is 82.9 Å². The molecule has 1 aromatic heterocycles. The van der Waals surface area contributed by atoms with Crippen LogP contribution < -0.4 is 19.1 Å². The number of rotatable bonds is 6. The van der Waals surface area contributed by atoms with Crippen LogP contribution >= 0.6 is 11.3 Å². The van der Waals surface area contributed by atoms with Crippen molar-refractivity contribution in [2.24, 2.45) is 0 Å². The Bertz CT molecular complexity index is 1660. The minimum absolute atomic E-state index is 0.00626. The first-order valence-electron chi connectivity index (χ1n) is 13.2. The average molecular weight is 557 g/mol. The number of thiazole rings is 1. The molecule has 2 aliphatic heterocycles. The molecule has 1 amide bonds. The number of hydrogen-bond acceptors (Lipinski definition) is 8. The van der Waals surface area contributed by atoms with E-state index < -0.39 is 17.7 Å². The van der Waals surface area contributed by atoms with E-state index in [4.69, 9.17) is 19.2 Å². The van der Waals surface area contributed by atoms with E-state index in [2.05, 4.69) is 13.8 Å². The fourth-order valence-corrected chi connectivity index (χ4v) is 6.03. The summed E-state index contributed by atoms with van der Waals surface area (Å²) in [7, 11) is 0. The van der Waals surface area contributed by atoms with Crippen molar-refractivity contribution in [2.75, 3.05) is 24.7 Å². The number of fused-ring (bicyclic) bond motifs is 2. The number of ketones is 1. The monoisotopic (exact) mass is 556 g/mol. The molecular weight excluding hydrogens is 528 g/mol. The van der Waals surface area contributed by atoms with Crippen LogP contribution in [0.15, 0.2) is 66.2 Å². The van der Waals surface area contributed by atoms with Gasteiger partial charge in [-0.1, -0.05) is 49.4 Å². The lowest BCUT2D eigenvalue weighted by molar-refractivity contribution is -0.132. The highest BCUT2D eigenvalue weighted by Crippen LogP contribution is 2.45. The first-order chi connectivity index (χ1) is 19.4. The molecule has 0 saturated carbocycles. The van der Waals surface area contributed by atoms with Gasteiger partial charge in [-0.2, -0.15) is 0 Å². The molecule has 6 rings (SSSR count). The van der Waals surface area contributed by atoms with Crippen molar-refractivity contribution >= 4 is 44.1 Å². The van der Waals surface area contributed by atoms with E-state index in [0.29, 0.717) is 64.8 Å². The molecule has 0 unspecified atom stereocenters. The van der Waals surface area contributed by atoms with Gasteiger partial charge < -0.3 is 19.3 Å². The number of carbonyl (C=O) groups is 2. The zero-order valence-corrected chi connectivity index (χ0v) is 23.2. The number of ether oxygens (including phenoxy) is 3. The van der Waals surface area contributed by atoms with Crippen LogP contribution in [0, 0.1) is 0 Å². The van der Waals surface area contributed by atoms with Crippen molar-refractivity contribution in [3.8, 4) is 17.2 Å². The Morgan fingerprint density at radius 2 is 1.80 bits per heavy atom. The van der Waals surface area contributed by atoms with E-state index in [1.165, 1.54) is 16.2 Å². The van der Waals surface area contributed by atoms with Gasteiger partial charge in [0.15, 0.2) is 16.6 Å². The van der Waals surface area contributed by atoms with Gasteiger partial charge in [0, 0.05) is 5.56 Å². The van der Waals surface area contributed by atoms with E-state index in [1.54, 1.807) is 18.2 Å². The lowest BCUT2D eigenvalue weighted by atomic mass is 9.93. The molecule has 8 nitrogen and oxygen atoms in total. The molecule has 1 atom stereocenters. The molecule has 4 aromatic rings. The number of Topliss-reactive ketones (excluding diaryl/α,β-unsaturated/α-hetero) is 1. The minimum atomic E-state index is -0.874. The van der Waals surface area contributed by atoms with Gasteiger partial charge >= 0.3 is 5.91 Å². The maximum atomic E-state index is 13.6. The van der Waals surface area contributed by atoms with Gasteiger partial charge in [0.1, 0.15) is 24.7 Å². The van der Waals surface area contributed by atoms with Gasteiger partial charge in [0.2, 0.25) is 0 Å². The summed E-state index contributed by atoms with van der Waals surface area (Å²) < 4.78 is 17.7. The number of benzene rings is 3. The first kappa shape index (κ1) is 25.9. The maximum Gasteiger partial charge on any atom is 0.301 e. The third-order valence-corrected chi connectivity index (χ3v) is 8.06. The summed E-state index contributed by atoms with van der Waals surface area (Å²) in [5.41, 5.74) is 2.85. The molecule has 40 heavy (non-hydrogen) atoms. The smallest absolute Gasteiger partial charge is 0.301 e. The standard InChI is InChI=1S/C31H28N2O6S/c1-4-37-21-10-11-22-25(16-21)40-31(32-22)33-27(19-7-5-18(6-8-19)17(2)3)26(29(35)30(33)36)28(34)20-9-12-23-24(15-20)39-14-13-38-23/h5-12,15-17,27,34H,4,13-14H2,1-3H3/t27-/m1/s1. The van der Waals surface area contributed by atoms with Crippen LogP contribution in [0.2, 0.25) is 0 Å². The van der Waals surface area contributed by atoms with Crippen molar-refractivity contribution in [1.29, 1.82) is 0 Å². The molecule has 0 bridgehead atoms. The van der Waals surface area contributed by atoms with Gasteiger partial charge in [-0.25, -0.2) is 4.98 Å². The highest BCUT2D eigenvalue weighted by Gasteiger charge is 2.48. The van der Waals surface area contributed by atoms with Gasteiger partial charge in [0.05, 0.1) is 28.4 Å². The third-order valence-electron chi connectivity index (χ3n) is 7.04. The number of nitrogens with zero attached hydrogens (tertiary/aromatic N) is 2. The maximum absolute atomic E-state index is 13.6. The fraction of sp³-hybridized carbons (Fsp3) is 0.258. The Kier molecular flexibility index (Phi) is 6.67. The van der Waals surface area contributed by atoms with Crippen LogP contribution in [-0.4, -0.2) is 41.6 Å². The second-order valence-electron chi connectivity index (χ2n) is 9.91. The van der Waals surface area contributed by atoms with Gasteiger partial charge in [0.25, 0.3) is 5.78 Å². The molecule has 204 valence electrons. The van der Waals surface area contributed by atoms with Crippen molar-refractivity contribution in [3.63, 3.8) is 0 Å². The minimum Gasteiger partial charge on any atom is -0.507 e. The van der Waals surface area contributed by atoms with Crippen molar-refractivity contribution in [1.82, 2.24) is 4.98 Å². The molecule has 9 heteroatoms. The van der Waals surface area contributed by atoms with Gasteiger partial charge in [-0.05, 0) is 60.4 Å². The van der Waals surface area contributed by atoms with Crippen LogP contribution in [-0.2, 0) is 9.59 Å². The molecule has 0 radical (unpaired) electrons. The largest absolute Gasteiger partial charge is 0.507 e. The zero-order chi connectivity index (χ0) is 28.0. The average Bonchev–Trinajstić information content (AvgIpc) is 3.50. The second kappa shape index (κ2) is 10.3. The molecule has 1 saturated heterocycles. The van der Waals surface area contributed by atoms with Crippen molar-refractivity contribution < 1.29 is 28.9 Å². The molecule has 3 heterocycles. The summed E-state index contributed by atoms with van der Waals surface area (Å²) in [5.74, 6) is 0.230. The Labute approximate surface area is 235 Å². The number of hydrogen-bond donors (Lipinski definition) is 1. The fourth-order valence-electron chi connectivity index (χ4n) is 5.01. The summed E-state index contributed by atoms with van der Waals surface area (Å²) in [5, 5.41) is 11.9. The summed E-state index contributed by atoms with van der Waals surface area (Å²) in [6.07, 6.45) is 0. The van der Waals surface area contributed by atoms with E-state index in [-0.39, 0.29) is 11.3 Å². The van der Waals surface area contributed by atoms with E-state index in [9.17, 15) is 14.7 Å². The molecule has 2 aliphatic rings. The third kappa shape index (κ3) is 4.46. The molecule has 3 aromatic carbocycles. The highest BCUT2D eigenvalue weighted by molar-refractivity contribution is 7.22. The van der Waals surface area contributed by atoms with Gasteiger partial charge in [-0.3, -0.25) is 14.5 Å². The Morgan fingerprint density at radius 1 is 1.05 bits per heavy atom. The van der Waals surface area contributed by atoms with E-state index in [1.807, 2.05) is 49.4 Å². The summed E-state index contributed by atoms with van der Waals surface area (Å²) in [6.45, 7) is 7.45. The van der Waals surface area contributed by atoms with E-state index >= 15 is 0 Å². The lowest BCUT2D eigenvalue weighted by Crippen LogP contribution is -2.29. The van der Waals surface area contributed by atoms with Crippen LogP contribution in [0.25, 0.3) is 16.0 Å².